The van der Waals surface area contributed by atoms with Gasteiger partial charge in [0.05, 0.1) is 0 Å². The van der Waals surface area contributed by atoms with Crippen LogP contribution in [0.5, 0.6) is 0 Å². The molecule has 0 aromatic heterocycles. The van der Waals surface area contributed by atoms with Crippen LogP contribution in [0.1, 0.15) is 47.5 Å². The summed E-state index contributed by atoms with van der Waals surface area (Å²) in [4.78, 5) is 21.6. The first-order chi connectivity index (χ1) is 6.62. The van der Waals surface area contributed by atoms with Gasteiger partial charge in [0.1, 0.15) is 12.0 Å². The summed E-state index contributed by atoms with van der Waals surface area (Å²) >= 11 is 0. The summed E-state index contributed by atoms with van der Waals surface area (Å²) in [5.74, 6) is -1.84. The van der Waals surface area contributed by atoms with Gasteiger partial charge < -0.3 is 9.84 Å². The molecule has 0 aliphatic rings. The van der Waals surface area contributed by atoms with Crippen molar-refractivity contribution in [3.63, 3.8) is 0 Å². The average Bonchev–Trinajstić information content (AvgIpc) is 2.00. The Labute approximate surface area is 90.6 Å². The molecule has 0 aliphatic carbocycles. The van der Waals surface area contributed by atoms with E-state index in [1.807, 2.05) is 34.6 Å². The number of carboxylic acids is 1. The summed E-state index contributed by atoms with van der Waals surface area (Å²) in [6.07, 6.45) is 0.0769. The molecule has 0 fully saturated rings. The second-order valence-electron chi connectivity index (χ2n) is 4.88. The van der Waals surface area contributed by atoms with Crippen LogP contribution in [0, 0.1) is 5.41 Å². The van der Waals surface area contributed by atoms with E-state index in [-0.39, 0.29) is 5.41 Å². The molecule has 15 heavy (non-hydrogen) atoms. The van der Waals surface area contributed by atoms with Crippen molar-refractivity contribution in [3.05, 3.63) is 0 Å². The Bertz CT molecular complexity index is 252. The highest BCUT2D eigenvalue weighted by Gasteiger charge is 2.39. The number of carbonyl (C=O) groups excluding carboxylic acids is 1. The lowest BCUT2D eigenvalue weighted by Crippen LogP contribution is -2.43. The highest BCUT2D eigenvalue weighted by molar-refractivity contribution is 5.90. The van der Waals surface area contributed by atoms with Crippen molar-refractivity contribution in [3.8, 4) is 0 Å². The summed E-state index contributed by atoms with van der Waals surface area (Å²) in [5, 5.41) is 8.46. The Kier molecular flexibility index (Phi) is 4.31. The van der Waals surface area contributed by atoms with Gasteiger partial charge >= 0.3 is 11.9 Å². The maximum absolute atomic E-state index is 11.3. The fraction of sp³-hybridized carbons (Fsp3) is 0.818. The molecule has 88 valence electrons. The highest BCUT2D eigenvalue weighted by Crippen LogP contribution is 2.36. The first-order valence-corrected chi connectivity index (χ1v) is 5.06. The normalized spacial score (nSPS) is 15.5. The molecule has 1 N–H and O–H groups in total. The lowest BCUT2D eigenvalue weighted by Gasteiger charge is -2.40. The third kappa shape index (κ3) is 3.90. The molecule has 0 heterocycles. The Morgan fingerprint density at radius 1 is 1.20 bits per heavy atom. The number of hydrogen-bond acceptors (Lipinski definition) is 3. The van der Waals surface area contributed by atoms with Crippen molar-refractivity contribution in [2.24, 2.45) is 5.41 Å². The first-order valence-electron chi connectivity index (χ1n) is 5.06. The van der Waals surface area contributed by atoms with Crippen LogP contribution in [0.4, 0.5) is 0 Å². The Hall–Kier alpha value is -1.06. The summed E-state index contributed by atoms with van der Waals surface area (Å²) in [6.45, 7) is 9.63. The van der Waals surface area contributed by atoms with Crippen LogP contribution < -0.4 is 0 Å². The third-order valence-corrected chi connectivity index (χ3v) is 2.90. The number of carboxylic acid groups (broad SMARTS) is 1. The SMILES string of the molecule is CCC(C)(OC(=O)CC(=O)O)C(C)(C)C. The molecule has 0 saturated heterocycles. The van der Waals surface area contributed by atoms with Crippen LogP contribution >= 0.6 is 0 Å². The number of aliphatic carboxylic acids is 1. The number of esters is 1. The average molecular weight is 216 g/mol. The van der Waals surface area contributed by atoms with E-state index in [1.54, 1.807) is 0 Å². The molecule has 0 rings (SSSR count). The van der Waals surface area contributed by atoms with E-state index < -0.39 is 24.0 Å². The van der Waals surface area contributed by atoms with Crippen LogP contribution in [-0.2, 0) is 14.3 Å². The molecule has 0 saturated carbocycles. The smallest absolute Gasteiger partial charge is 0.317 e. The van der Waals surface area contributed by atoms with Gasteiger partial charge in [-0.25, -0.2) is 0 Å². The molecule has 4 nitrogen and oxygen atoms in total. The van der Waals surface area contributed by atoms with Crippen molar-refractivity contribution in [2.75, 3.05) is 0 Å². The molecule has 4 heteroatoms. The largest absolute Gasteiger partial charge is 0.481 e. The van der Waals surface area contributed by atoms with E-state index in [2.05, 4.69) is 0 Å². The zero-order valence-electron chi connectivity index (χ0n) is 10.1. The van der Waals surface area contributed by atoms with Crippen LogP contribution in [0.25, 0.3) is 0 Å². The molecule has 0 spiro atoms. The van der Waals surface area contributed by atoms with Crippen molar-refractivity contribution >= 4 is 11.9 Å². The molecule has 1 unspecified atom stereocenters. The minimum absolute atomic E-state index is 0.212. The Balaban J connectivity index is 4.59. The molecule has 0 bridgehead atoms. The monoisotopic (exact) mass is 216 g/mol. The highest BCUT2D eigenvalue weighted by atomic mass is 16.6. The maximum Gasteiger partial charge on any atom is 0.317 e. The topological polar surface area (TPSA) is 63.6 Å². The van der Waals surface area contributed by atoms with Crippen molar-refractivity contribution < 1.29 is 19.4 Å². The maximum atomic E-state index is 11.3. The predicted octanol–water partition coefficient (Wildman–Crippen LogP) is 2.22. The van der Waals surface area contributed by atoms with E-state index in [0.29, 0.717) is 6.42 Å². The van der Waals surface area contributed by atoms with Gasteiger partial charge in [-0.05, 0) is 13.3 Å². The van der Waals surface area contributed by atoms with Crippen molar-refractivity contribution in [1.29, 1.82) is 0 Å². The van der Waals surface area contributed by atoms with Crippen molar-refractivity contribution in [2.45, 2.75) is 53.1 Å². The second kappa shape index (κ2) is 4.64. The molecule has 1 atom stereocenters. The Morgan fingerprint density at radius 3 is 1.93 bits per heavy atom. The van der Waals surface area contributed by atoms with Gasteiger partial charge in [0, 0.05) is 5.41 Å². The van der Waals surface area contributed by atoms with Gasteiger partial charge in [-0.2, -0.15) is 0 Å². The summed E-state index contributed by atoms with van der Waals surface area (Å²) in [7, 11) is 0. The van der Waals surface area contributed by atoms with Gasteiger partial charge in [-0.15, -0.1) is 0 Å². The van der Waals surface area contributed by atoms with Crippen molar-refractivity contribution in [1.82, 2.24) is 0 Å². The zero-order valence-corrected chi connectivity index (χ0v) is 10.1. The lowest BCUT2D eigenvalue weighted by molar-refractivity contribution is -0.173. The summed E-state index contributed by atoms with van der Waals surface area (Å²) in [6, 6.07) is 0. The fourth-order valence-electron chi connectivity index (χ4n) is 1.17. The van der Waals surface area contributed by atoms with E-state index in [9.17, 15) is 9.59 Å². The van der Waals surface area contributed by atoms with Crippen LogP contribution in [-0.4, -0.2) is 22.6 Å². The van der Waals surface area contributed by atoms with E-state index in [1.165, 1.54) is 0 Å². The summed E-state index contributed by atoms with van der Waals surface area (Å²) in [5.41, 5.74) is -0.838. The minimum Gasteiger partial charge on any atom is -0.481 e. The second-order valence-corrected chi connectivity index (χ2v) is 4.88. The zero-order chi connectivity index (χ0) is 12.3. The molecule has 0 aliphatic heterocycles. The first kappa shape index (κ1) is 13.9. The number of rotatable bonds is 4. The van der Waals surface area contributed by atoms with Gasteiger partial charge in [-0.1, -0.05) is 27.7 Å². The third-order valence-electron chi connectivity index (χ3n) is 2.90. The predicted molar refractivity (Wildman–Crippen MR) is 56.5 cm³/mol. The molecule has 0 aromatic carbocycles. The standard InChI is InChI=1S/C11H20O4/c1-6-11(5,10(2,3)4)15-9(14)7-8(12)13/h6-7H2,1-5H3,(H,12,13). The van der Waals surface area contributed by atoms with Gasteiger partial charge in [0.25, 0.3) is 0 Å². The van der Waals surface area contributed by atoms with E-state index in [0.717, 1.165) is 0 Å². The van der Waals surface area contributed by atoms with Gasteiger partial charge in [0.2, 0.25) is 0 Å². The quantitative estimate of drug-likeness (QED) is 0.578. The number of ether oxygens (including phenoxy) is 1. The number of hydrogen-bond donors (Lipinski definition) is 1. The van der Waals surface area contributed by atoms with Gasteiger partial charge in [-0.3, -0.25) is 9.59 Å². The fourth-order valence-corrected chi connectivity index (χ4v) is 1.17. The molecule has 0 amide bonds. The molecular formula is C11H20O4. The van der Waals surface area contributed by atoms with Crippen LogP contribution in [0.2, 0.25) is 0 Å². The lowest BCUT2D eigenvalue weighted by atomic mass is 9.76. The summed E-state index contributed by atoms with van der Waals surface area (Å²) < 4.78 is 5.24. The van der Waals surface area contributed by atoms with Gasteiger partial charge in [0.15, 0.2) is 0 Å². The van der Waals surface area contributed by atoms with Crippen LogP contribution in [0.3, 0.4) is 0 Å². The minimum atomic E-state index is -1.16. The van der Waals surface area contributed by atoms with E-state index in [4.69, 9.17) is 9.84 Å². The van der Waals surface area contributed by atoms with Crippen LogP contribution in [0.15, 0.2) is 0 Å². The molecule has 0 radical (unpaired) electrons. The van der Waals surface area contributed by atoms with E-state index >= 15 is 0 Å². The number of carbonyl (C=O) groups is 2. The molecule has 0 aromatic rings. The molecular weight excluding hydrogens is 196 g/mol. The Morgan fingerprint density at radius 2 is 1.67 bits per heavy atom.